The molecule has 5 nitrogen and oxygen atoms in total. The molecule has 1 aromatic heterocycles. The molecule has 1 aromatic carbocycles. The Kier molecular flexibility index (Phi) is 3.85. The summed E-state index contributed by atoms with van der Waals surface area (Å²) in [4.78, 5) is 11.9. The van der Waals surface area contributed by atoms with E-state index in [0.717, 1.165) is 11.3 Å². The van der Waals surface area contributed by atoms with Crippen LogP contribution in [0.1, 0.15) is 11.3 Å². The van der Waals surface area contributed by atoms with Crippen LogP contribution in [-0.4, -0.2) is 22.8 Å². The van der Waals surface area contributed by atoms with Crippen LogP contribution in [0.25, 0.3) is 0 Å². The maximum atomic E-state index is 11.9. The van der Waals surface area contributed by atoms with Crippen molar-refractivity contribution in [1.29, 1.82) is 0 Å². The van der Waals surface area contributed by atoms with Gasteiger partial charge in [-0.3, -0.25) is 9.48 Å². The van der Waals surface area contributed by atoms with E-state index >= 15 is 0 Å². The topological polar surface area (TPSA) is 56.1 Å². The number of carbonyl (C=O) groups excluding carboxylic acids is 1. The molecule has 0 saturated carbocycles. The van der Waals surface area contributed by atoms with Crippen LogP contribution >= 0.6 is 0 Å². The fourth-order valence-corrected chi connectivity index (χ4v) is 1.78. The number of benzene rings is 1. The van der Waals surface area contributed by atoms with E-state index in [4.69, 9.17) is 4.74 Å². The van der Waals surface area contributed by atoms with Gasteiger partial charge < -0.3 is 10.1 Å². The maximum absolute atomic E-state index is 11.9. The van der Waals surface area contributed by atoms with Crippen LogP contribution in [0.2, 0.25) is 0 Å². The molecule has 0 spiro atoms. The van der Waals surface area contributed by atoms with Crippen molar-refractivity contribution in [3.05, 3.63) is 41.7 Å². The quantitative estimate of drug-likeness (QED) is 0.915. The van der Waals surface area contributed by atoms with Gasteiger partial charge in [0, 0.05) is 6.20 Å². The van der Waals surface area contributed by atoms with Crippen molar-refractivity contribution in [2.24, 2.45) is 0 Å². The zero-order chi connectivity index (χ0) is 13.8. The number of carbonyl (C=O) groups is 1. The lowest BCUT2D eigenvalue weighted by Gasteiger charge is -2.09. The van der Waals surface area contributed by atoms with E-state index in [0.29, 0.717) is 11.4 Å². The average Bonchev–Trinajstić information content (AvgIpc) is 2.68. The van der Waals surface area contributed by atoms with Crippen molar-refractivity contribution in [2.75, 3.05) is 12.4 Å². The number of nitrogens with one attached hydrogen (secondary N) is 1. The summed E-state index contributed by atoms with van der Waals surface area (Å²) >= 11 is 0. The standard InChI is InChI=1S/C14H17N3O2/c1-10-8-17(16-11(10)2)9-14(18)15-12-6-4-5-7-13(12)19-3/h4-8H,9H2,1-3H3,(H,15,18). The molecular weight excluding hydrogens is 242 g/mol. The molecule has 0 radical (unpaired) electrons. The number of hydrogen-bond donors (Lipinski definition) is 1. The molecule has 1 N–H and O–H groups in total. The van der Waals surface area contributed by atoms with Gasteiger partial charge in [-0.1, -0.05) is 12.1 Å². The van der Waals surface area contributed by atoms with Gasteiger partial charge in [0.05, 0.1) is 18.5 Å². The molecule has 0 fully saturated rings. The largest absolute Gasteiger partial charge is 0.495 e. The highest BCUT2D eigenvalue weighted by atomic mass is 16.5. The van der Waals surface area contributed by atoms with E-state index in [9.17, 15) is 4.79 Å². The lowest BCUT2D eigenvalue weighted by molar-refractivity contribution is -0.116. The Morgan fingerprint density at radius 3 is 2.74 bits per heavy atom. The van der Waals surface area contributed by atoms with Crippen LogP contribution in [0.15, 0.2) is 30.5 Å². The Morgan fingerprint density at radius 2 is 2.11 bits per heavy atom. The summed E-state index contributed by atoms with van der Waals surface area (Å²) < 4.78 is 6.82. The second-order valence-electron chi connectivity index (χ2n) is 4.34. The second kappa shape index (κ2) is 5.56. The highest BCUT2D eigenvalue weighted by molar-refractivity contribution is 5.92. The Hall–Kier alpha value is -2.30. The fourth-order valence-electron chi connectivity index (χ4n) is 1.78. The van der Waals surface area contributed by atoms with Crippen molar-refractivity contribution < 1.29 is 9.53 Å². The summed E-state index contributed by atoms with van der Waals surface area (Å²) in [5.41, 5.74) is 2.67. The molecule has 19 heavy (non-hydrogen) atoms. The van der Waals surface area contributed by atoms with Gasteiger partial charge in [-0.2, -0.15) is 5.10 Å². The summed E-state index contributed by atoms with van der Waals surface area (Å²) in [5.74, 6) is 0.510. The zero-order valence-electron chi connectivity index (χ0n) is 11.3. The van der Waals surface area contributed by atoms with Gasteiger partial charge in [0.15, 0.2) is 0 Å². The van der Waals surface area contributed by atoms with Crippen molar-refractivity contribution in [2.45, 2.75) is 20.4 Å². The lowest BCUT2D eigenvalue weighted by Crippen LogP contribution is -2.19. The highest BCUT2D eigenvalue weighted by Gasteiger charge is 2.09. The van der Waals surface area contributed by atoms with Crippen LogP contribution in [0, 0.1) is 13.8 Å². The number of ether oxygens (including phenoxy) is 1. The first-order valence-corrected chi connectivity index (χ1v) is 6.03. The number of hydrogen-bond acceptors (Lipinski definition) is 3. The van der Waals surface area contributed by atoms with Crippen molar-refractivity contribution in [3.63, 3.8) is 0 Å². The molecular formula is C14H17N3O2. The molecule has 100 valence electrons. The molecule has 2 aromatic rings. The second-order valence-corrected chi connectivity index (χ2v) is 4.34. The Balaban J connectivity index is 2.05. The third-order valence-electron chi connectivity index (χ3n) is 2.88. The number of amides is 1. The van der Waals surface area contributed by atoms with Crippen LogP contribution in [0.4, 0.5) is 5.69 Å². The molecule has 0 aliphatic heterocycles. The summed E-state index contributed by atoms with van der Waals surface area (Å²) in [7, 11) is 1.57. The number of methoxy groups -OCH3 is 1. The summed E-state index contributed by atoms with van der Waals surface area (Å²) in [5, 5.41) is 7.07. The molecule has 1 amide bonds. The first-order chi connectivity index (χ1) is 9.10. The van der Waals surface area contributed by atoms with E-state index in [-0.39, 0.29) is 12.5 Å². The molecule has 0 aliphatic carbocycles. The van der Waals surface area contributed by atoms with Crippen LogP contribution in [0.3, 0.4) is 0 Å². The van der Waals surface area contributed by atoms with Gasteiger partial charge in [-0.25, -0.2) is 0 Å². The molecule has 2 rings (SSSR count). The zero-order valence-corrected chi connectivity index (χ0v) is 11.3. The number of nitrogens with zero attached hydrogens (tertiary/aromatic N) is 2. The molecule has 1 heterocycles. The summed E-state index contributed by atoms with van der Waals surface area (Å²) in [6.45, 7) is 4.08. The van der Waals surface area contributed by atoms with Crippen molar-refractivity contribution in [1.82, 2.24) is 9.78 Å². The monoisotopic (exact) mass is 259 g/mol. The van der Waals surface area contributed by atoms with Crippen molar-refractivity contribution in [3.8, 4) is 5.75 Å². The fraction of sp³-hybridized carbons (Fsp3) is 0.286. The Bertz CT molecular complexity index is 571. The third kappa shape index (κ3) is 3.13. The van der Waals surface area contributed by atoms with Gasteiger partial charge in [0.2, 0.25) is 5.91 Å². The number of aromatic nitrogens is 2. The number of para-hydroxylation sites is 2. The van der Waals surface area contributed by atoms with Gasteiger partial charge in [0.1, 0.15) is 12.3 Å². The lowest BCUT2D eigenvalue weighted by atomic mass is 10.3. The van der Waals surface area contributed by atoms with E-state index in [1.807, 2.05) is 32.2 Å². The maximum Gasteiger partial charge on any atom is 0.246 e. The molecule has 0 aliphatic rings. The van der Waals surface area contributed by atoms with E-state index in [1.165, 1.54) is 0 Å². The molecule has 0 unspecified atom stereocenters. The van der Waals surface area contributed by atoms with Crippen LogP contribution in [0.5, 0.6) is 5.75 Å². The average molecular weight is 259 g/mol. The first-order valence-electron chi connectivity index (χ1n) is 6.03. The Morgan fingerprint density at radius 1 is 1.37 bits per heavy atom. The number of rotatable bonds is 4. The normalized spacial score (nSPS) is 10.3. The van der Waals surface area contributed by atoms with E-state index < -0.39 is 0 Å². The summed E-state index contributed by atoms with van der Waals surface area (Å²) in [6, 6.07) is 7.31. The van der Waals surface area contributed by atoms with E-state index in [1.54, 1.807) is 23.9 Å². The Labute approximate surface area is 112 Å². The minimum atomic E-state index is -0.132. The molecule has 0 saturated heterocycles. The SMILES string of the molecule is COc1ccccc1NC(=O)Cn1cc(C)c(C)n1. The van der Waals surface area contributed by atoms with Crippen LogP contribution < -0.4 is 10.1 Å². The molecule has 0 bridgehead atoms. The van der Waals surface area contributed by atoms with Gasteiger partial charge in [-0.15, -0.1) is 0 Å². The number of anilines is 1. The minimum Gasteiger partial charge on any atom is -0.495 e. The van der Waals surface area contributed by atoms with Crippen molar-refractivity contribution >= 4 is 11.6 Å². The first kappa shape index (κ1) is 13.1. The smallest absolute Gasteiger partial charge is 0.246 e. The van der Waals surface area contributed by atoms with Gasteiger partial charge in [0.25, 0.3) is 0 Å². The minimum absolute atomic E-state index is 0.132. The summed E-state index contributed by atoms with van der Waals surface area (Å²) in [6.07, 6.45) is 1.86. The van der Waals surface area contributed by atoms with Crippen LogP contribution in [-0.2, 0) is 11.3 Å². The molecule has 0 atom stereocenters. The van der Waals surface area contributed by atoms with Gasteiger partial charge >= 0.3 is 0 Å². The van der Waals surface area contributed by atoms with E-state index in [2.05, 4.69) is 10.4 Å². The molecule has 5 heteroatoms. The van der Waals surface area contributed by atoms with Gasteiger partial charge in [-0.05, 0) is 31.5 Å². The predicted molar refractivity (Wildman–Crippen MR) is 73.3 cm³/mol. The number of aryl methyl sites for hydroxylation is 2. The highest BCUT2D eigenvalue weighted by Crippen LogP contribution is 2.22. The predicted octanol–water partition coefficient (Wildman–Crippen LogP) is 2.15. The third-order valence-corrected chi connectivity index (χ3v) is 2.88.